The highest BCUT2D eigenvalue weighted by Gasteiger charge is 2.33. The normalized spacial score (nSPS) is 13.4. The van der Waals surface area contributed by atoms with Crippen molar-refractivity contribution in [3.8, 4) is 5.75 Å². The van der Waals surface area contributed by atoms with Gasteiger partial charge in [0.05, 0.1) is 13.7 Å². The van der Waals surface area contributed by atoms with Crippen LogP contribution in [0.2, 0.25) is 0 Å². The van der Waals surface area contributed by atoms with Crippen molar-refractivity contribution in [3.63, 3.8) is 0 Å². The van der Waals surface area contributed by atoms with Crippen LogP contribution in [0.15, 0.2) is 67.0 Å². The average molecular weight is 361 g/mol. The largest absolute Gasteiger partial charge is 0.497 e. The molecule has 1 aromatic heterocycles. The molecule has 0 bridgehead atoms. The Labute approximate surface area is 159 Å². The summed E-state index contributed by atoms with van der Waals surface area (Å²) in [5, 5.41) is 4.22. The summed E-state index contributed by atoms with van der Waals surface area (Å²) in [6.07, 6.45) is 5.87. The number of carbonyl (C=O) groups excluding carboxylic acids is 1. The van der Waals surface area contributed by atoms with Crippen LogP contribution in [0.1, 0.15) is 34.3 Å². The van der Waals surface area contributed by atoms with E-state index in [1.807, 2.05) is 70.4 Å². The molecule has 1 aliphatic carbocycles. The molecule has 1 heterocycles. The molecule has 0 radical (unpaired) electrons. The van der Waals surface area contributed by atoms with Crippen LogP contribution in [0.5, 0.6) is 5.75 Å². The third-order valence-corrected chi connectivity index (χ3v) is 4.87. The summed E-state index contributed by atoms with van der Waals surface area (Å²) in [5.74, 6) is 0.926. The number of nitrogens with zero attached hydrogens (tertiary/aromatic N) is 3. The molecular weight excluding hydrogens is 338 g/mol. The summed E-state index contributed by atoms with van der Waals surface area (Å²) in [5.41, 5.74) is 2.98. The van der Waals surface area contributed by atoms with E-state index in [1.54, 1.807) is 13.3 Å². The summed E-state index contributed by atoms with van der Waals surface area (Å²) in [7, 11) is 1.66. The molecule has 0 atom stereocenters. The maximum Gasteiger partial charge on any atom is 0.254 e. The van der Waals surface area contributed by atoms with Gasteiger partial charge in [0.2, 0.25) is 0 Å². The smallest absolute Gasteiger partial charge is 0.254 e. The highest BCUT2D eigenvalue weighted by atomic mass is 16.5. The molecule has 1 aliphatic rings. The van der Waals surface area contributed by atoms with E-state index in [1.165, 1.54) is 0 Å². The molecule has 4 rings (SSSR count). The Kier molecular flexibility index (Phi) is 4.92. The van der Waals surface area contributed by atoms with Gasteiger partial charge in [0.15, 0.2) is 0 Å². The average Bonchev–Trinajstić information content (AvgIpc) is 3.43. The minimum atomic E-state index is 0.0963. The second kappa shape index (κ2) is 7.66. The number of hydrogen-bond donors (Lipinski definition) is 0. The van der Waals surface area contributed by atoms with E-state index in [4.69, 9.17) is 4.74 Å². The lowest BCUT2D eigenvalue weighted by Crippen LogP contribution is -2.32. The fourth-order valence-corrected chi connectivity index (χ4v) is 3.18. The first-order valence-electron chi connectivity index (χ1n) is 9.23. The molecule has 3 aromatic rings. The zero-order valence-corrected chi connectivity index (χ0v) is 15.4. The van der Waals surface area contributed by atoms with Crippen molar-refractivity contribution in [2.75, 3.05) is 7.11 Å². The van der Waals surface area contributed by atoms with Crippen LogP contribution in [0.4, 0.5) is 0 Å². The predicted molar refractivity (Wildman–Crippen MR) is 104 cm³/mol. The second-order valence-electron chi connectivity index (χ2n) is 6.91. The highest BCUT2D eigenvalue weighted by Crippen LogP contribution is 2.30. The van der Waals surface area contributed by atoms with E-state index in [0.717, 1.165) is 35.3 Å². The molecule has 2 aromatic carbocycles. The summed E-state index contributed by atoms with van der Waals surface area (Å²) < 4.78 is 7.08. The Morgan fingerprint density at radius 2 is 1.81 bits per heavy atom. The van der Waals surface area contributed by atoms with Gasteiger partial charge in [-0.1, -0.05) is 24.3 Å². The molecule has 1 fully saturated rings. The fourth-order valence-electron chi connectivity index (χ4n) is 3.18. The van der Waals surface area contributed by atoms with Gasteiger partial charge in [-0.25, -0.2) is 0 Å². The van der Waals surface area contributed by atoms with Crippen LogP contribution in [0, 0.1) is 0 Å². The molecule has 1 amide bonds. The second-order valence-corrected chi connectivity index (χ2v) is 6.91. The van der Waals surface area contributed by atoms with E-state index < -0.39 is 0 Å². The van der Waals surface area contributed by atoms with Gasteiger partial charge in [-0.05, 0) is 54.3 Å². The van der Waals surface area contributed by atoms with Crippen LogP contribution >= 0.6 is 0 Å². The molecule has 0 spiro atoms. The van der Waals surface area contributed by atoms with Crippen molar-refractivity contribution in [2.24, 2.45) is 0 Å². The minimum Gasteiger partial charge on any atom is -0.497 e. The third-order valence-electron chi connectivity index (χ3n) is 4.87. The van der Waals surface area contributed by atoms with Gasteiger partial charge in [-0.2, -0.15) is 5.10 Å². The van der Waals surface area contributed by atoms with Gasteiger partial charge in [-0.3, -0.25) is 9.48 Å². The Hall–Kier alpha value is -3.08. The number of benzene rings is 2. The zero-order valence-electron chi connectivity index (χ0n) is 15.4. The van der Waals surface area contributed by atoms with Crippen molar-refractivity contribution >= 4 is 5.91 Å². The van der Waals surface area contributed by atoms with Gasteiger partial charge in [0.1, 0.15) is 5.75 Å². The van der Waals surface area contributed by atoms with Crippen LogP contribution < -0.4 is 4.74 Å². The molecule has 27 heavy (non-hydrogen) atoms. The van der Waals surface area contributed by atoms with Gasteiger partial charge in [0, 0.05) is 30.5 Å². The lowest BCUT2D eigenvalue weighted by atomic mass is 10.1. The standard InChI is InChI=1S/C22H23N3O2/c1-27-21-11-5-18(6-12-21)16-25(20-9-10-20)22(26)19-7-3-17(4-8-19)15-24-14-2-13-23-24/h2-8,11-14,20H,9-10,15-16H2,1H3. The number of aromatic nitrogens is 2. The van der Waals surface area contributed by atoms with Crippen molar-refractivity contribution in [2.45, 2.75) is 32.0 Å². The maximum atomic E-state index is 13.1. The molecule has 0 aliphatic heterocycles. The van der Waals surface area contributed by atoms with Crippen LogP contribution in [-0.4, -0.2) is 33.7 Å². The van der Waals surface area contributed by atoms with Crippen molar-refractivity contribution in [1.29, 1.82) is 0 Å². The van der Waals surface area contributed by atoms with Gasteiger partial charge >= 0.3 is 0 Å². The molecular formula is C22H23N3O2. The molecule has 5 nitrogen and oxygen atoms in total. The number of ether oxygens (including phenoxy) is 1. The summed E-state index contributed by atoms with van der Waals surface area (Å²) >= 11 is 0. The topological polar surface area (TPSA) is 47.4 Å². The molecule has 1 saturated carbocycles. The van der Waals surface area contributed by atoms with Crippen molar-refractivity contribution in [1.82, 2.24) is 14.7 Å². The van der Waals surface area contributed by atoms with Crippen LogP contribution in [0.25, 0.3) is 0 Å². The Morgan fingerprint density at radius 3 is 2.41 bits per heavy atom. The Bertz CT molecular complexity index is 882. The van der Waals surface area contributed by atoms with Crippen LogP contribution in [-0.2, 0) is 13.1 Å². The van der Waals surface area contributed by atoms with Crippen molar-refractivity contribution in [3.05, 3.63) is 83.7 Å². The number of hydrogen-bond acceptors (Lipinski definition) is 3. The van der Waals surface area contributed by atoms with E-state index in [2.05, 4.69) is 5.10 Å². The third kappa shape index (κ3) is 4.19. The monoisotopic (exact) mass is 361 g/mol. The summed E-state index contributed by atoms with van der Waals surface area (Å²) in [6, 6.07) is 18.0. The van der Waals surface area contributed by atoms with Gasteiger partial charge < -0.3 is 9.64 Å². The SMILES string of the molecule is COc1ccc(CN(C(=O)c2ccc(Cn3cccn3)cc2)C2CC2)cc1. The summed E-state index contributed by atoms with van der Waals surface area (Å²) in [6.45, 7) is 1.34. The van der Waals surface area contributed by atoms with Gasteiger partial charge in [-0.15, -0.1) is 0 Å². The summed E-state index contributed by atoms with van der Waals surface area (Å²) in [4.78, 5) is 15.1. The number of amides is 1. The number of rotatable bonds is 7. The quantitative estimate of drug-likeness (QED) is 0.644. The Morgan fingerprint density at radius 1 is 1.11 bits per heavy atom. The molecule has 0 unspecified atom stereocenters. The highest BCUT2D eigenvalue weighted by molar-refractivity contribution is 5.94. The van der Waals surface area contributed by atoms with E-state index in [9.17, 15) is 4.79 Å². The van der Waals surface area contributed by atoms with Crippen LogP contribution in [0.3, 0.4) is 0 Å². The lowest BCUT2D eigenvalue weighted by molar-refractivity contribution is 0.0730. The first kappa shape index (κ1) is 17.3. The fraction of sp³-hybridized carbons (Fsp3) is 0.273. The van der Waals surface area contributed by atoms with E-state index >= 15 is 0 Å². The van der Waals surface area contributed by atoms with Gasteiger partial charge in [0.25, 0.3) is 5.91 Å². The Balaban J connectivity index is 1.46. The maximum absolute atomic E-state index is 13.1. The molecule has 0 N–H and O–H groups in total. The molecule has 138 valence electrons. The predicted octanol–water partition coefficient (Wildman–Crippen LogP) is 3.74. The minimum absolute atomic E-state index is 0.0963. The number of carbonyl (C=O) groups is 1. The lowest BCUT2D eigenvalue weighted by Gasteiger charge is -2.23. The van der Waals surface area contributed by atoms with E-state index in [0.29, 0.717) is 19.1 Å². The number of methoxy groups -OCH3 is 1. The first-order chi connectivity index (χ1) is 13.2. The van der Waals surface area contributed by atoms with Crippen molar-refractivity contribution < 1.29 is 9.53 Å². The molecule has 0 saturated heterocycles. The zero-order chi connectivity index (χ0) is 18.6. The van der Waals surface area contributed by atoms with E-state index in [-0.39, 0.29) is 5.91 Å². The molecule has 5 heteroatoms. The first-order valence-corrected chi connectivity index (χ1v) is 9.23.